The van der Waals surface area contributed by atoms with E-state index in [1.165, 1.54) is 17.0 Å². The van der Waals surface area contributed by atoms with Crippen LogP contribution in [-0.4, -0.2) is 60.3 Å². The minimum absolute atomic E-state index is 0.0307. The fourth-order valence-corrected chi connectivity index (χ4v) is 4.37. The number of carbonyl (C=O) groups is 2. The molecule has 0 bridgehead atoms. The molecule has 1 saturated heterocycles. The number of piperazine rings is 1. The molecule has 1 fully saturated rings. The fourth-order valence-electron chi connectivity index (χ4n) is 2.45. The van der Waals surface area contributed by atoms with E-state index in [4.69, 9.17) is 0 Å². The van der Waals surface area contributed by atoms with Crippen molar-refractivity contribution >= 4 is 44.5 Å². The van der Waals surface area contributed by atoms with Crippen LogP contribution in [-0.2, 0) is 19.6 Å². The number of carbonyl (C=O) groups excluding carboxylic acids is 1. The molecule has 126 valence electrons. The topological polar surface area (TPSA) is 95.0 Å². The predicted octanol–water partition coefficient (Wildman–Crippen LogP) is 0.987. The number of sulfonamides is 1. The quantitative estimate of drug-likeness (QED) is 0.688. The molecule has 2 rings (SSSR count). The van der Waals surface area contributed by atoms with Gasteiger partial charge in [0.05, 0.1) is 4.90 Å². The second-order valence-electron chi connectivity index (χ2n) is 5.12. The second-order valence-corrected chi connectivity index (χ2v) is 8.25. The molecule has 1 aliphatic heterocycles. The van der Waals surface area contributed by atoms with Crippen molar-refractivity contribution in [3.8, 4) is 0 Å². The molecule has 7 nitrogen and oxygen atoms in total. The zero-order valence-corrected chi connectivity index (χ0v) is 15.5. The molecule has 1 aromatic rings. The van der Waals surface area contributed by atoms with Crippen molar-refractivity contribution in [3.63, 3.8) is 0 Å². The minimum Gasteiger partial charge on any atom is -0.480 e. The van der Waals surface area contributed by atoms with Crippen LogP contribution in [0.25, 0.3) is 0 Å². The van der Waals surface area contributed by atoms with Gasteiger partial charge in [0.2, 0.25) is 15.9 Å². The first-order valence-corrected chi connectivity index (χ1v) is 9.57. The van der Waals surface area contributed by atoms with E-state index in [0.29, 0.717) is 0 Å². The number of amides is 1. The summed E-state index contributed by atoms with van der Waals surface area (Å²) in [6.45, 7) is 1.72. The van der Waals surface area contributed by atoms with Crippen molar-refractivity contribution in [1.82, 2.24) is 9.21 Å². The molecular weight excluding hydrogens is 435 g/mol. The zero-order chi connectivity index (χ0) is 17.2. The van der Waals surface area contributed by atoms with E-state index in [1.54, 1.807) is 19.1 Å². The molecule has 1 amide bonds. The molecule has 9 heteroatoms. The van der Waals surface area contributed by atoms with Gasteiger partial charge >= 0.3 is 5.97 Å². The van der Waals surface area contributed by atoms with E-state index in [1.807, 2.05) is 0 Å². The van der Waals surface area contributed by atoms with Gasteiger partial charge in [-0.05, 0) is 46.9 Å². The van der Waals surface area contributed by atoms with Crippen molar-refractivity contribution in [1.29, 1.82) is 0 Å². The number of hydrogen-bond acceptors (Lipinski definition) is 4. The first-order chi connectivity index (χ1) is 10.8. The molecule has 0 radical (unpaired) electrons. The van der Waals surface area contributed by atoms with E-state index in [2.05, 4.69) is 22.6 Å². The number of benzene rings is 1. The van der Waals surface area contributed by atoms with E-state index < -0.39 is 22.0 Å². The number of halogens is 1. The van der Waals surface area contributed by atoms with Crippen molar-refractivity contribution in [2.45, 2.75) is 24.3 Å². The Morgan fingerprint density at radius 3 is 2.39 bits per heavy atom. The van der Waals surface area contributed by atoms with Gasteiger partial charge in [0.25, 0.3) is 0 Å². The maximum Gasteiger partial charge on any atom is 0.323 e. The molecule has 1 unspecified atom stereocenters. The Balaban J connectivity index is 2.32. The molecule has 0 saturated carbocycles. The van der Waals surface area contributed by atoms with Crippen LogP contribution in [0.2, 0.25) is 0 Å². The third-order valence-corrected chi connectivity index (χ3v) is 6.33. The molecule has 1 atom stereocenters. The van der Waals surface area contributed by atoms with E-state index in [-0.39, 0.29) is 36.9 Å². The maximum absolute atomic E-state index is 12.7. The van der Waals surface area contributed by atoms with Gasteiger partial charge in [-0.25, -0.2) is 8.42 Å². The van der Waals surface area contributed by atoms with Crippen LogP contribution in [0.4, 0.5) is 0 Å². The monoisotopic (exact) mass is 452 g/mol. The maximum atomic E-state index is 12.7. The number of aliphatic carboxylic acids is 1. The number of hydrogen-bond donors (Lipinski definition) is 1. The summed E-state index contributed by atoms with van der Waals surface area (Å²) in [5, 5.41) is 9.39. The molecule has 1 heterocycles. The van der Waals surface area contributed by atoms with Crippen molar-refractivity contribution in [2.75, 3.05) is 19.6 Å². The number of rotatable bonds is 4. The van der Waals surface area contributed by atoms with Gasteiger partial charge in [-0.2, -0.15) is 4.31 Å². The Morgan fingerprint density at radius 1 is 1.26 bits per heavy atom. The molecule has 0 aromatic heterocycles. The van der Waals surface area contributed by atoms with Crippen molar-refractivity contribution in [3.05, 3.63) is 27.8 Å². The summed E-state index contributed by atoms with van der Waals surface area (Å²) in [5.41, 5.74) is 0. The first kappa shape index (κ1) is 18.1. The number of carboxylic acids is 1. The van der Waals surface area contributed by atoms with E-state index >= 15 is 0 Å². The third kappa shape index (κ3) is 3.83. The van der Waals surface area contributed by atoms with Crippen LogP contribution in [0.3, 0.4) is 0 Å². The SMILES string of the molecule is CCC(=O)N1CCN(S(=O)(=O)c2ccc(I)cc2)C(C(=O)O)C1. The Bertz CT molecular complexity index is 704. The van der Waals surface area contributed by atoms with Crippen LogP contribution in [0.15, 0.2) is 29.2 Å². The van der Waals surface area contributed by atoms with Gasteiger partial charge in [-0.15, -0.1) is 0 Å². The molecule has 0 aliphatic carbocycles. The predicted molar refractivity (Wildman–Crippen MR) is 91.3 cm³/mol. The Labute approximate surface area is 148 Å². The lowest BCUT2D eigenvalue weighted by molar-refractivity contribution is -0.145. The highest BCUT2D eigenvalue weighted by atomic mass is 127. The molecule has 0 spiro atoms. The highest BCUT2D eigenvalue weighted by molar-refractivity contribution is 14.1. The van der Waals surface area contributed by atoms with Gasteiger partial charge in [0.1, 0.15) is 6.04 Å². The summed E-state index contributed by atoms with van der Waals surface area (Å²) in [4.78, 5) is 24.7. The second kappa shape index (κ2) is 7.14. The molecular formula is C14H17IN2O5S. The van der Waals surface area contributed by atoms with Crippen LogP contribution >= 0.6 is 22.6 Å². The fraction of sp³-hybridized carbons (Fsp3) is 0.429. The normalized spacial score (nSPS) is 19.6. The van der Waals surface area contributed by atoms with Crippen LogP contribution < -0.4 is 0 Å². The molecule has 1 N–H and O–H groups in total. The first-order valence-electron chi connectivity index (χ1n) is 7.05. The standard InChI is InChI=1S/C14H17IN2O5S/c1-2-13(18)16-7-8-17(12(9-16)14(19)20)23(21,22)11-5-3-10(15)4-6-11/h3-6,12H,2,7-9H2,1H3,(H,19,20). The lowest BCUT2D eigenvalue weighted by atomic mass is 10.2. The van der Waals surface area contributed by atoms with Gasteiger partial charge in [-0.1, -0.05) is 6.92 Å². The highest BCUT2D eigenvalue weighted by Crippen LogP contribution is 2.23. The summed E-state index contributed by atoms with van der Waals surface area (Å²) in [6.07, 6.45) is 0.260. The van der Waals surface area contributed by atoms with Gasteiger partial charge < -0.3 is 10.0 Å². The van der Waals surface area contributed by atoms with Crippen LogP contribution in [0, 0.1) is 3.57 Å². The number of carboxylic acid groups (broad SMARTS) is 1. The summed E-state index contributed by atoms with van der Waals surface area (Å²) in [6, 6.07) is 4.95. The summed E-state index contributed by atoms with van der Waals surface area (Å²) in [7, 11) is -3.92. The van der Waals surface area contributed by atoms with Gasteiger partial charge in [0, 0.05) is 29.6 Å². The van der Waals surface area contributed by atoms with E-state index in [9.17, 15) is 23.1 Å². The Morgan fingerprint density at radius 2 is 1.87 bits per heavy atom. The minimum atomic E-state index is -3.92. The average molecular weight is 452 g/mol. The Kier molecular flexibility index (Phi) is 5.63. The molecule has 23 heavy (non-hydrogen) atoms. The smallest absolute Gasteiger partial charge is 0.323 e. The number of nitrogens with zero attached hydrogens (tertiary/aromatic N) is 2. The molecule has 1 aliphatic rings. The van der Waals surface area contributed by atoms with E-state index in [0.717, 1.165) is 7.88 Å². The van der Waals surface area contributed by atoms with Crippen molar-refractivity contribution in [2.24, 2.45) is 0 Å². The van der Waals surface area contributed by atoms with Gasteiger partial charge in [-0.3, -0.25) is 9.59 Å². The van der Waals surface area contributed by atoms with Gasteiger partial charge in [0.15, 0.2) is 0 Å². The summed E-state index contributed by atoms with van der Waals surface area (Å²) in [5.74, 6) is -1.43. The largest absolute Gasteiger partial charge is 0.480 e. The molecule has 1 aromatic carbocycles. The van der Waals surface area contributed by atoms with Crippen LogP contribution in [0.1, 0.15) is 13.3 Å². The summed E-state index contributed by atoms with van der Waals surface area (Å²) >= 11 is 2.06. The summed E-state index contributed by atoms with van der Waals surface area (Å²) < 4.78 is 27.3. The third-order valence-electron chi connectivity index (χ3n) is 3.69. The lowest BCUT2D eigenvalue weighted by Gasteiger charge is -2.38. The zero-order valence-electron chi connectivity index (χ0n) is 12.5. The Hall–Kier alpha value is -1.20. The van der Waals surface area contributed by atoms with Crippen LogP contribution in [0.5, 0.6) is 0 Å². The average Bonchev–Trinajstić information content (AvgIpc) is 2.53. The highest BCUT2D eigenvalue weighted by Gasteiger charge is 2.41. The lowest BCUT2D eigenvalue weighted by Crippen LogP contribution is -2.59. The van der Waals surface area contributed by atoms with Crippen molar-refractivity contribution < 1.29 is 23.1 Å².